The molecule has 1 saturated carbocycles. The van der Waals surface area contributed by atoms with Gasteiger partial charge in [-0.05, 0) is 70.7 Å². The van der Waals surface area contributed by atoms with E-state index in [-0.39, 0.29) is 24.2 Å². The number of benzene rings is 1. The second-order valence-corrected chi connectivity index (χ2v) is 10.1. The van der Waals surface area contributed by atoms with Crippen molar-refractivity contribution in [3.8, 4) is 11.8 Å². The van der Waals surface area contributed by atoms with E-state index in [1.54, 1.807) is 24.3 Å². The van der Waals surface area contributed by atoms with Crippen LogP contribution in [0.4, 0.5) is 0 Å². The van der Waals surface area contributed by atoms with Gasteiger partial charge < -0.3 is 29.2 Å². The highest BCUT2D eigenvalue weighted by Gasteiger charge is 2.59. The zero-order valence-electron chi connectivity index (χ0n) is 22.7. The number of carbonyl (C=O) groups excluding carboxylic acids is 1. The standard InChI is InChI=1S/C28H37NO6.CH4O/c1-20(2)11-15-33-27(3,4)25-17-23(10-12-28(25)19-34-28)35-26(31)9-7-21-6-8-24(22(16-21)18-29)32-14-5-13-30;1-2/h6-9,11,16,23,25,30H,5,10,12-15,17,19H2,1-4H3;2H,1H3/b9-7+;/t23-,25?,28?;/m1./s1. The summed E-state index contributed by atoms with van der Waals surface area (Å²) in [5, 5.41) is 25.3. The van der Waals surface area contributed by atoms with Crippen molar-refractivity contribution < 1.29 is 34.0 Å². The number of esters is 1. The van der Waals surface area contributed by atoms with Crippen LogP contribution in [0.15, 0.2) is 35.9 Å². The Labute approximate surface area is 220 Å². The second-order valence-electron chi connectivity index (χ2n) is 10.1. The van der Waals surface area contributed by atoms with E-state index in [2.05, 4.69) is 26.0 Å². The second kappa shape index (κ2) is 14.3. The fourth-order valence-electron chi connectivity index (χ4n) is 4.64. The molecule has 2 aliphatic rings. The summed E-state index contributed by atoms with van der Waals surface area (Å²) in [5.74, 6) is 0.179. The van der Waals surface area contributed by atoms with Gasteiger partial charge in [-0.25, -0.2) is 4.79 Å². The molecule has 3 atom stereocenters. The van der Waals surface area contributed by atoms with Crippen LogP contribution < -0.4 is 4.74 Å². The smallest absolute Gasteiger partial charge is 0.331 e. The molecule has 1 saturated heterocycles. The van der Waals surface area contributed by atoms with Gasteiger partial charge in [0, 0.05) is 32.1 Å². The Morgan fingerprint density at radius 3 is 2.68 bits per heavy atom. The van der Waals surface area contributed by atoms with Crippen molar-refractivity contribution >= 4 is 12.0 Å². The first-order chi connectivity index (χ1) is 17.7. The molecule has 1 aliphatic heterocycles. The quantitative estimate of drug-likeness (QED) is 0.148. The van der Waals surface area contributed by atoms with Crippen LogP contribution in [0.25, 0.3) is 6.08 Å². The van der Waals surface area contributed by atoms with E-state index in [9.17, 15) is 10.1 Å². The Bertz CT molecular complexity index is 984. The first-order valence-electron chi connectivity index (χ1n) is 12.7. The number of rotatable bonds is 11. The zero-order valence-corrected chi connectivity index (χ0v) is 22.7. The maximum absolute atomic E-state index is 12.6. The summed E-state index contributed by atoms with van der Waals surface area (Å²) in [6.45, 7) is 9.92. The Kier molecular flexibility index (Phi) is 11.8. The average Bonchev–Trinajstić information content (AvgIpc) is 3.65. The van der Waals surface area contributed by atoms with Crippen molar-refractivity contribution in [3.05, 3.63) is 47.1 Å². The average molecular weight is 516 g/mol. The highest BCUT2D eigenvalue weighted by Crippen LogP contribution is 2.51. The van der Waals surface area contributed by atoms with E-state index < -0.39 is 11.6 Å². The van der Waals surface area contributed by atoms with Crippen LogP contribution in [0.5, 0.6) is 5.75 Å². The predicted octanol–water partition coefficient (Wildman–Crippen LogP) is 4.18. The molecule has 2 fully saturated rings. The Morgan fingerprint density at radius 2 is 2.05 bits per heavy atom. The van der Waals surface area contributed by atoms with Crippen LogP contribution in [-0.4, -0.2) is 67.0 Å². The molecule has 1 aromatic carbocycles. The van der Waals surface area contributed by atoms with Gasteiger partial charge in [0.2, 0.25) is 0 Å². The van der Waals surface area contributed by atoms with Crippen molar-refractivity contribution in [2.24, 2.45) is 5.92 Å². The molecule has 0 aromatic heterocycles. The third-order valence-corrected chi connectivity index (χ3v) is 6.70. The number of aliphatic hydroxyl groups excluding tert-OH is 2. The monoisotopic (exact) mass is 515 g/mol. The number of carbonyl (C=O) groups is 1. The maximum Gasteiger partial charge on any atom is 0.331 e. The minimum absolute atomic E-state index is 0.0288. The van der Waals surface area contributed by atoms with Crippen molar-refractivity contribution in [3.63, 3.8) is 0 Å². The summed E-state index contributed by atoms with van der Waals surface area (Å²) in [6, 6.07) is 7.23. The summed E-state index contributed by atoms with van der Waals surface area (Å²) in [6.07, 6.45) is 7.70. The van der Waals surface area contributed by atoms with Gasteiger partial charge in [-0.15, -0.1) is 0 Å². The summed E-state index contributed by atoms with van der Waals surface area (Å²) in [5.41, 5.74) is 1.72. The lowest BCUT2D eigenvalue weighted by atomic mass is 9.70. The van der Waals surface area contributed by atoms with Crippen LogP contribution in [0.2, 0.25) is 0 Å². The first kappa shape index (κ1) is 30.5. The van der Waals surface area contributed by atoms with Crippen LogP contribution in [0.1, 0.15) is 64.5 Å². The number of nitriles is 1. The molecule has 8 nitrogen and oxygen atoms in total. The number of allylic oxidation sites excluding steroid dienone is 1. The lowest BCUT2D eigenvalue weighted by molar-refractivity contribution is -0.152. The van der Waals surface area contributed by atoms with Crippen molar-refractivity contribution in [1.29, 1.82) is 5.26 Å². The molecule has 2 unspecified atom stereocenters. The molecule has 0 bridgehead atoms. The maximum atomic E-state index is 12.6. The van der Waals surface area contributed by atoms with Gasteiger partial charge in [0.1, 0.15) is 17.9 Å². The minimum Gasteiger partial charge on any atom is -0.492 e. The first-order valence-corrected chi connectivity index (χ1v) is 12.7. The Morgan fingerprint density at radius 1 is 1.32 bits per heavy atom. The van der Waals surface area contributed by atoms with E-state index in [0.29, 0.717) is 42.9 Å². The minimum atomic E-state index is -0.411. The molecule has 1 aromatic rings. The van der Waals surface area contributed by atoms with Gasteiger partial charge in [-0.3, -0.25) is 0 Å². The number of hydrogen-bond donors (Lipinski definition) is 2. The predicted molar refractivity (Wildman–Crippen MR) is 141 cm³/mol. The van der Waals surface area contributed by atoms with Crippen molar-refractivity contribution in [1.82, 2.24) is 0 Å². The molecule has 1 spiro atoms. The van der Waals surface area contributed by atoms with Crippen LogP contribution in [0, 0.1) is 17.2 Å². The molecule has 1 aliphatic carbocycles. The van der Waals surface area contributed by atoms with E-state index in [1.807, 2.05) is 13.8 Å². The van der Waals surface area contributed by atoms with Gasteiger partial charge >= 0.3 is 5.97 Å². The van der Waals surface area contributed by atoms with Crippen LogP contribution in [-0.2, 0) is 19.0 Å². The molecule has 37 heavy (non-hydrogen) atoms. The number of epoxide rings is 1. The van der Waals surface area contributed by atoms with E-state index in [1.165, 1.54) is 11.6 Å². The highest BCUT2D eigenvalue weighted by molar-refractivity contribution is 5.87. The molecule has 2 N–H and O–H groups in total. The zero-order chi connectivity index (χ0) is 27.5. The van der Waals surface area contributed by atoms with Gasteiger partial charge in [0.25, 0.3) is 0 Å². The molecule has 0 radical (unpaired) electrons. The topological polar surface area (TPSA) is 122 Å². The lowest BCUT2D eigenvalue weighted by Gasteiger charge is -2.43. The normalized spacial score (nSPS) is 22.5. The van der Waals surface area contributed by atoms with E-state index >= 15 is 0 Å². The summed E-state index contributed by atoms with van der Waals surface area (Å²) in [7, 11) is 1.00. The fraction of sp³-hybridized carbons (Fsp3) is 0.586. The third-order valence-electron chi connectivity index (χ3n) is 6.70. The molecule has 0 amide bonds. The molecule has 3 rings (SSSR count). The number of hydrogen-bond acceptors (Lipinski definition) is 8. The summed E-state index contributed by atoms with van der Waals surface area (Å²) < 4.78 is 23.4. The van der Waals surface area contributed by atoms with Gasteiger partial charge in [0.15, 0.2) is 0 Å². The molecule has 204 valence electrons. The lowest BCUT2D eigenvalue weighted by Crippen LogP contribution is -2.49. The highest BCUT2D eigenvalue weighted by atomic mass is 16.6. The molecule has 8 heteroatoms. The van der Waals surface area contributed by atoms with Gasteiger partial charge in [-0.1, -0.05) is 17.7 Å². The fourth-order valence-corrected chi connectivity index (χ4v) is 4.64. The number of nitrogens with zero attached hydrogens (tertiary/aromatic N) is 1. The van der Waals surface area contributed by atoms with E-state index in [4.69, 9.17) is 29.2 Å². The molecular formula is C29H41NO7. The van der Waals surface area contributed by atoms with Crippen LogP contribution in [0.3, 0.4) is 0 Å². The van der Waals surface area contributed by atoms with Crippen molar-refractivity contribution in [2.75, 3.05) is 33.5 Å². The third kappa shape index (κ3) is 8.97. The van der Waals surface area contributed by atoms with Crippen LogP contribution >= 0.6 is 0 Å². The Balaban J connectivity index is 0.00000235. The van der Waals surface area contributed by atoms with E-state index in [0.717, 1.165) is 26.6 Å². The SMILES string of the molecule is CC(C)=CCOC(C)(C)C1C[C@H](OC(=O)/C=C/c2ccc(OCCCO)c(C#N)c2)CCC12CO2.CO. The van der Waals surface area contributed by atoms with Gasteiger partial charge in [0.05, 0.1) is 36.6 Å². The van der Waals surface area contributed by atoms with Crippen molar-refractivity contribution in [2.45, 2.75) is 70.7 Å². The van der Waals surface area contributed by atoms with Gasteiger partial charge in [-0.2, -0.15) is 5.26 Å². The molecule has 1 heterocycles. The largest absolute Gasteiger partial charge is 0.492 e. The number of ether oxygens (including phenoxy) is 4. The molecular weight excluding hydrogens is 474 g/mol. The summed E-state index contributed by atoms with van der Waals surface area (Å²) in [4.78, 5) is 12.6. The Hall–Kier alpha value is -2.70. The number of aliphatic hydroxyl groups is 2. The summed E-state index contributed by atoms with van der Waals surface area (Å²) >= 11 is 0.